The number of nitrogens with zero attached hydrogens (tertiary/aromatic N) is 2. The van der Waals surface area contributed by atoms with Crippen LogP contribution in [0.5, 0.6) is 5.75 Å². The van der Waals surface area contributed by atoms with Gasteiger partial charge in [-0.05, 0) is 49.7 Å². The van der Waals surface area contributed by atoms with Crippen molar-refractivity contribution < 1.29 is 13.9 Å². The van der Waals surface area contributed by atoms with Crippen LogP contribution in [0.2, 0.25) is 0 Å². The molecule has 162 valence electrons. The van der Waals surface area contributed by atoms with Crippen molar-refractivity contribution in [3.63, 3.8) is 0 Å². The van der Waals surface area contributed by atoms with Crippen molar-refractivity contribution in [3.8, 4) is 11.4 Å². The second-order valence-corrected chi connectivity index (χ2v) is 8.74. The first kappa shape index (κ1) is 20.7. The van der Waals surface area contributed by atoms with E-state index in [1.807, 2.05) is 50.2 Å². The number of ether oxygens (including phenoxy) is 2. The maximum Gasteiger partial charge on any atom is 0.266 e. The summed E-state index contributed by atoms with van der Waals surface area (Å²) in [5.74, 6) is 0.702. The summed E-state index contributed by atoms with van der Waals surface area (Å²) in [6.45, 7) is 4.45. The summed E-state index contributed by atoms with van der Waals surface area (Å²) in [6.07, 6.45) is 0. The molecule has 0 saturated heterocycles. The molecule has 0 radical (unpaired) electrons. The molecule has 5 nitrogen and oxygen atoms in total. The van der Waals surface area contributed by atoms with Crippen molar-refractivity contribution in [2.45, 2.75) is 31.4 Å². The Labute approximate surface area is 188 Å². The molecule has 5 rings (SSSR count). The molecule has 0 fully saturated rings. The van der Waals surface area contributed by atoms with Crippen LogP contribution in [0.15, 0.2) is 64.5 Å². The van der Waals surface area contributed by atoms with E-state index in [0.29, 0.717) is 45.3 Å². The first-order valence-electron chi connectivity index (χ1n) is 10.3. The lowest BCUT2D eigenvalue weighted by Gasteiger charge is -2.21. The molecule has 1 aliphatic rings. The zero-order chi connectivity index (χ0) is 22.2. The van der Waals surface area contributed by atoms with Crippen LogP contribution in [-0.2, 0) is 17.1 Å². The number of aryl methyl sites for hydroxylation is 2. The Morgan fingerprint density at radius 1 is 1.12 bits per heavy atom. The Morgan fingerprint density at radius 3 is 2.81 bits per heavy atom. The van der Waals surface area contributed by atoms with Crippen molar-refractivity contribution in [2.24, 2.45) is 0 Å². The Hall–Kier alpha value is -3.16. The SMILES string of the molecule is Cc1ccc(-n2c(SCc3cc(F)cc4c3OCOC4)nc3ccccc3c2=O)c(C)c1. The lowest BCUT2D eigenvalue weighted by molar-refractivity contribution is -0.0171. The van der Waals surface area contributed by atoms with Crippen molar-refractivity contribution in [2.75, 3.05) is 6.79 Å². The van der Waals surface area contributed by atoms with Gasteiger partial charge in [0.1, 0.15) is 11.6 Å². The normalized spacial score (nSPS) is 13.1. The van der Waals surface area contributed by atoms with Crippen LogP contribution in [-0.4, -0.2) is 16.3 Å². The molecule has 0 amide bonds. The lowest BCUT2D eigenvalue weighted by atomic mass is 10.1. The zero-order valence-electron chi connectivity index (χ0n) is 17.7. The van der Waals surface area contributed by atoms with Crippen molar-refractivity contribution in [3.05, 3.63) is 93.0 Å². The van der Waals surface area contributed by atoms with E-state index >= 15 is 0 Å². The number of para-hydroxylation sites is 1. The van der Waals surface area contributed by atoms with Crippen LogP contribution < -0.4 is 10.3 Å². The number of halogens is 1. The first-order valence-corrected chi connectivity index (χ1v) is 11.2. The van der Waals surface area contributed by atoms with Crippen LogP contribution in [0, 0.1) is 19.7 Å². The highest BCUT2D eigenvalue weighted by Crippen LogP contribution is 2.34. The largest absolute Gasteiger partial charge is 0.467 e. The standard InChI is InChI=1S/C25H21FN2O3S/c1-15-7-8-22(16(2)9-15)28-24(29)20-5-3-4-6-21(20)27-25(28)32-13-18-11-19(26)10-17-12-30-14-31-23(17)18/h3-11H,12-14H2,1-2H3. The average Bonchev–Trinajstić information content (AvgIpc) is 2.78. The molecular formula is C25H21FN2O3S. The number of fused-ring (bicyclic) bond motifs is 2. The van der Waals surface area contributed by atoms with Gasteiger partial charge in [-0.1, -0.05) is 41.6 Å². The van der Waals surface area contributed by atoms with Crippen molar-refractivity contribution >= 4 is 22.7 Å². The predicted octanol–water partition coefficient (Wildman–Crippen LogP) is 5.30. The quantitative estimate of drug-likeness (QED) is 0.313. The number of hydrogen-bond donors (Lipinski definition) is 0. The molecule has 0 spiro atoms. The fourth-order valence-corrected chi connectivity index (χ4v) is 4.96. The third-order valence-electron chi connectivity index (χ3n) is 5.45. The summed E-state index contributed by atoms with van der Waals surface area (Å²) in [7, 11) is 0. The van der Waals surface area contributed by atoms with E-state index in [1.54, 1.807) is 10.6 Å². The molecule has 0 atom stereocenters. The minimum Gasteiger partial charge on any atom is -0.467 e. The molecule has 0 aliphatic carbocycles. The van der Waals surface area contributed by atoms with E-state index in [1.165, 1.54) is 23.9 Å². The highest BCUT2D eigenvalue weighted by Gasteiger charge is 2.19. The van der Waals surface area contributed by atoms with Gasteiger partial charge in [0.15, 0.2) is 11.9 Å². The molecule has 3 aromatic carbocycles. The summed E-state index contributed by atoms with van der Waals surface area (Å²) in [5.41, 5.74) is 4.78. The second kappa shape index (κ2) is 8.41. The number of aromatic nitrogens is 2. The van der Waals surface area contributed by atoms with Gasteiger partial charge in [0.2, 0.25) is 0 Å². The zero-order valence-corrected chi connectivity index (χ0v) is 18.5. The Kier molecular flexibility index (Phi) is 5.45. The van der Waals surface area contributed by atoms with Crippen molar-refractivity contribution in [1.82, 2.24) is 9.55 Å². The van der Waals surface area contributed by atoms with Gasteiger partial charge in [-0.15, -0.1) is 0 Å². The highest BCUT2D eigenvalue weighted by molar-refractivity contribution is 7.98. The van der Waals surface area contributed by atoms with Gasteiger partial charge < -0.3 is 9.47 Å². The van der Waals surface area contributed by atoms with E-state index in [9.17, 15) is 9.18 Å². The van der Waals surface area contributed by atoms with Gasteiger partial charge in [-0.3, -0.25) is 9.36 Å². The van der Waals surface area contributed by atoms with Crippen LogP contribution in [0.1, 0.15) is 22.3 Å². The van der Waals surface area contributed by atoms with Crippen LogP contribution in [0.25, 0.3) is 16.6 Å². The van der Waals surface area contributed by atoms with Crippen LogP contribution in [0.3, 0.4) is 0 Å². The van der Waals surface area contributed by atoms with Gasteiger partial charge in [0.05, 0.1) is 23.2 Å². The summed E-state index contributed by atoms with van der Waals surface area (Å²) < 4.78 is 26.8. The van der Waals surface area contributed by atoms with Gasteiger partial charge in [-0.2, -0.15) is 0 Å². The molecule has 2 heterocycles. The maximum atomic E-state index is 14.2. The highest BCUT2D eigenvalue weighted by atomic mass is 32.2. The number of benzene rings is 3. The predicted molar refractivity (Wildman–Crippen MR) is 123 cm³/mol. The minimum atomic E-state index is -0.341. The number of thioether (sulfide) groups is 1. The first-order chi connectivity index (χ1) is 15.5. The van der Waals surface area contributed by atoms with Crippen molar-refractivity contribution in [1.29, 1.82) is 0 Å². The summed E-state index contributed by atoms with van der Waals surface area (Å²) >= 11 is 1.38. The summed E-state index contributed by atoms with van der Waals surface area (Å²) in [5, 5.41) is 1.10. The van der Waals surface area contributed by atoms with Gasteiger partial charge in [-0.25, -0.2) is 9.37 Å². The molecule has 0 bridgehead atoms. The maximum absolute atomic E-state index is 14.2. The van der Waals surface area contributed by atoms with Gasteiger partial charge in [0, 0.05) is 16.9 Å². The monoisotopic (exact) mass is 448 g/mol. The van der Waals surface area contributed by atoms with Crippen LogP contribution in [0.4, 0.5) is 4.39 Å². The van der Waals surface area contributed by atoms with E-state index in [-0.39, 0.29) is 18.2 Å². The third kappa shape index (κ3) is 3.78. The molecule has 0 unspecified atom stereocenters. The number of rotatable bonds is 4. The third-order valence-corrected chi connectivity index (χ3v) is 6.43. The molecule has 0 saturated carbocycles. The molecule has 32 heavy (non-hydrogen) atoms. The minimum absolute atomic E-state index is 0.129. The summed E-state index contributed by atoms with van der Waals surface area (Å²) in [4.78, 5) is 18.3. The second-order valence-electron chi connectivity index (χ2n) is 7.79. The van der Waals surface area contributed by atoms with E-state index in [2.05, 4.69) is 0 Å². The van der Waals surface area contributed by atoms with Gasteiger partial charge in [0.25, 0.3) is 5.56 Å². The van der Waals surface area contributed by atoms with Crippen LogP contribution >= 0.6 is 11.8 Å². The van der Waals surface area contributed by atoms with E-state index in [0.717, 1.165) is 16.8 Å². The van der Waals surface area contributed by atoms with E-state index in [4.69, 9.17) is 14.5 Å². The molecule has 7 heteroatoms. The fourth-order valence-electron chi connectivity index (χ4n) is 3.98. The van der Waals surface area contributed by atoms with Gasteiger partial charge >= 0.3 is 0 Å². The summed E-state index contributed by atoms with van der Waals surface area (Å²) in [6, 6.07) is 16.2. The Balaban J connectivity index is 1.63. The smallest absolute Gasteiger partial charge is 0.266 e. The molecule has 1 aliphatic heterocycles. The average molecular weight is 449 g/mol. The Morgan fingerprint density at radius 2 is 1.97 bits per heavy atom. The number of hydrogen-bond acceptors (Lipinski definition) is 5. The lowest BCUT2D eigenvalue weighted by Crippen LogP contribution is -2.22. The molecule has 0 N–H and O–H groups in total. The molecule has 4 aromatic rings. The molecular weight excluding hydrogens is 427 g/mol. The van der Waals surface area contributed by atoms with E-state index < -0.39 is 0 Å². The molecule has 1 aromatic heterocycles. The fraction of sp³-hybridized carbons (Fsp3) is 0.200. The topological polar surface area (TPSA) is 53.4 Å². The Bertz CT molecular complexity index is 1400.